The van der Waals surface area contributed by atoms with Crippen LogP contribution in [0.4, 0.5) is 0 Å². The van der Waals surface area contributed by atoms with E-state index in [9.17, 15) is 4.79 Å². The number of hydrogen-bond acceptors (Lipinski definition) is 4. The first-order valence-electron chi connectivity index (χ1n) is 8.43. The summed E-state index contributed by atoms with van der Waals surface area (Å²) < 4.78 is 7.29. The van der Waals surface area contributed by atoms with Gasteiger partial charge in [0, 0.05) is 17.3 Å². The molecule has 0 unspecified atom stereocenters. The van der Waals surface area contributed by atoms with Crippen molar-refractivity contribution < 1.29 is 9.53 Å². The number of amides is 1. The van der Waals surface area contributed by atoms with Gasteiger partial charge in [-0.15, -0.1) is 0 Å². The molecule has 0 aliphatic carbocycles. The van der Waals surface area contributed by atoms with E-state index in [2.05, 4.69) is 22.4 Å². The Hall–Kier alpha value is -2.05. The third-order valence-electron chi connectivity index (χ3n) is 4.42. The van der Waals surface area contributed by atoms with Gasteiger partial charge in [0.2, 0.25) is 0 Å². The van der Waals surface area contributed by atoms with Crippen molar-refractivity contribution in [3.63, 3.8) is 0 Å². The van der Waals surface area contributed by atoms with E-state index in [1.165, 1.54) is 0 Å². The smallest absolute Gasteiger partial charge is 0.271 e. The van der Waals surface area contributed by atoms with Crippen molar-refractivity contribution in [2.75, 3.05) is 20.1 Å². The predicted molar refractivity (Wildman–Crippen MR) is 97.0 cm³/mol. The summed E-state index contributed by atoms with van der Waals surface area (Å²) >= 11 is 6.00. The number of carbonyl (C=O) groups excluding carboxylic acids is 1. The minimum absolute atomic E-state index is 0.129. The number of aromatic nitrogens is 2. The van der Waals surface area contributed by atoms with Gasteiger partial charge < -0.3 is 15.0 Å². The van der Waals surface area contributed by atoms with Crippen LogP contribution >= 0.6 is 11.6 Å². The zero-order valence-electron chi connectivity index (χ0n) is 14.5. The Kier molecular flexibility index (Phi) is 5.60. The molecule has 2 heterocycles. The SMILES string of the molecule is Cc1cc(OCn2ccc(C(=O)NC3CCN(C)CC3)n2)ccc1Cl. The van der Waals surface area contributed by atoms with Gasteiger partial charge in [-0.05, 0) is 69.7 Å². The Morgan fingerprint density at radius 3 is 2.84 bits per heavy atom. The number of ether oxygens (including phenoxy) is 1. The summed E-state index contributed by atoms with van der Waals surface area (Å²) in [4.78, 5) is 14.6. The monoisotopic (exact) mass is 362 g/mol. The van der Waals surface area contributed by atoms with Crippen LogP contribution in [0.15, 0.2) is 30.5 Å². The number of aryl methyl sites for hydroxylation is 1. The lowest BCUT2D eigenvalue weighted by molar-refractivity contribution is 0.0909. The van der Waals surface area contributed by atoms with E-state index in [-0.39, 0.29) is 18.7 Å². The van der Waals surface area contributed by atoms with Crippen LogP contribution in [-0.4, -0.2) is 46.8 Å². The second-order valence-electron chi connectivity index (χ2n) is 6.48. The van der Waals surface area contributed by atoms with E-state index in [0.29, 0.717) is 10.7 Å². The lowest BCUT2D eigenvalue weighted by Crippen LogP contribution is -2.43. The summed E-state index contributed by atoms with van der Waals surface area (Å²) in [6, 6.07) is 7.42. The normalized spacial score (nSPS) is 16.0. The molecule has 0 radical (unpaired) electrons. The second-order valence-corrected chi connectivity index (χ2v) is 6.88. The van der Waals surface area contributed by atoms with E-state index in [1.807, 2.05) is 19.1 Å². The molecule has 0 atom stereocenters. The number of carbonyl (C=O) groups is 1. The highest BCUT2D eigenvalue weighted by Gasteiger charge is 2.20. The standard InChI is InChI=1S/C18H23ClN4O2/c1-13-11-15(3-4-16(13)19)25-12-23-10-7-17(21-23)18(24)20-14-5-8-22(2)9-6-14/h3-4,7,10-11,14H,5-6,8-9,12H2,1-2H3,(H,20,24). The minimum atomic E-state index is -0.129. The van der Waals surface area contributed by atoms with E-state index in [0.717, 1.165) is 37.2 Å². The number of hydrogen-bond donors (Lipinski definition) is 1. The fourth-order valence-corrected chi connectivity index (χ4v) is 2.93. The Morgan fingerprint density at radius 1 is 1.36 bits per heavy atom. The van der Waals surface area contributed by atoms with E-state index < -0.39 is 0 Å². The van der Waals surface area contributed by atoms with E-state index in [4.69, 9.17) is 16.3 Å². The maximum Gasteiger partial charge on any atom is 0.271 e. The summed E-state index contributed by atoms with van der Waals surface area (Å²) in [7, 11) is 2.10. The van der Waals surface area contributed by atoms with Gasteiger partial charge in [-0.25, -0.2) is 4.68 Å². The van der Waals surface area contributed by atoms with Crippen LogP contribution in [-0.2, 0) is 6.73 Å². The molecule has 1 saturated heterocycles. The van der Waals surface area contributed by atoms with Crippen molar-refractivity contribution in [3.05, 3.63) is 46.7 Å². The molecule has 0 saturated carbocycles. The molecule has 0 bridgehead atoms. The van der Waals surface area contributed by atoms with Crippen molar-refractivity contribution in [1.29, 1.82) is 0 Å². The third kappa shape index (κ3) is 4.74. The van der Waals surface area contributed by atoms with Crippen LogP contribution in [0.2, 0.25) is 5.02 Å². The van der Waals surface area contributed by atoms with Gasteiger partial charge in [-0.2, -0.15) is 5.10 Å². The zero-order valence-corrected chi connectivity index (χ0v) is 15.3. The van der Waals surface area contributed by atoms with Crippen LogP contribution in [0.1, 0.15) is 28.9 Å². The Bertz CT molecular complexity index is 738. The molecule has 25 heavy (non-hydrogen) atoms. The van der Waals surface area contributed by atoms with Crippen LogP contribution < -0.4 is 10.1 Å². The summed E-state index contributed by atoms with van der Waals surface area (Å²) in [5.74, 6) is 0.588. The number of piperidine rings is 1. The van der Waals surface area contributed by atoms with Crippen LogP contribution in [0.3, 0.4) is 0 Å². The molecule has 7 heteroatoms. The number of nitrogens with one attached hydrogen (secondary N) is 1. The van der Waals surface area contributed by atoms with Gasteiger partial charge in [-0.3, -0.25) is 4.79 Å². The molecular formula is C18H23ClN4O2. The summed E-state index contributed by atoms with van der Waals surface area (Å²) in [6.45, 7) is 4.18. The number of nitrogens with zero attached hydrogens (tertiary/aromatic N) is 3. The van der Waals surface area contributed by atoms with Crippen molar-refractivity contribution in [2.45, 2.75) is 32.5 Å². The molecule has 1 aromatic heterocycles. The maximum atomic E-state index is 12.3. The zero-order chi connectivity index (χ0) is 17.8. The Labute approximate surface area is 152 Å². The highest BCUT2D eigenvalue weighted by Crippen LogP contribution is 2.21. The Balaban J connectivity index is 1.52. The first-order valence-corrected chi connectivity index (χ1v) is 8.81. The molecule has 1 aromatic carbocycles. The number of benzene rings is 1. The molecule has 1 aliphatic heterocycles. The topological polar surface area (TPSA) is 59.4 Å². The largest absolute Gasteiger partial charge is 0.471 e. The lowest BCUT2D eigenvalue weighted by Gasteiger charge is -2.29. The van der Waals surface area contributed by atoms with E-state index in [1.54, 1.807) is 23.0 Å². The highest BCUT2D eigenvalue weighted by atomic mass is 35.5. The quantitative estimate of drug-likeness (QED) is 0.888. The molecule has 0 spiro atoms. The van der Waals surface area contributed by atoms with Crippen molar-refractivity contribution >= 4 is 17.5 Å². The first kappa shape index (κ1) is 17.8. The van der Waals surface area contributed by atoms with Gasteiger partial charge >= 0.3 is 0 Å². The van der Waals surface area contributed by atoms with Gasteiger partial charge in [0.25, 0.3) is 5.91 Å². The third-order valence-corrected chi connectivity index (χ3v) is 4.84. The molecular weight excluding hydrogens is 340 g/mol. The molecule has 1 amide bonds. The summed E-state index contributed by atoms with van der Waals surface area (Å²) in [5.41, 5.74) is 1.37. The number of rotatable bonds is 5. The highest BCUT2D eigenvalue weighted by molar-refractivity contribution is 6.31. The van der Waals surface area contributed by atoms with Crippen molar-refractivity contribution in [1.82, 2.24) is 20.0 Å². The maximum absolute atomic E-state index is 12.3. The fraction of sp³-hybridized carbons (Fsp3) is 0.444. The van der Waals surface area contributed by atoms with Crippen LogP contribution in [0, 0.1) is 6.92 Å². The fourth-order valence-electron chi connectivity index (χ4n) is 2.81. The molecule has 134 valence electrons. The van der Waals surface area contributed by atoms with Gasteiger partial charge in [0.05, 0.1) is 0 Å². The Morgan fingerprint density at radius 2 is 2.12 bits per heavy atom. The van der Waals surface area contributed by atoms with Crippen LogP contribution in [0.5, 0.6) is 5.75 Å². The van der Waals surface area contributed by atoms with Gasteiger partial charge in [0.1, 0.15) is 11.4 Å². The number of halogens is 1. The average Bonchev–Trinajstić information content (AvgIpc) is 3.07. The van der Waals surface area contributed by atoms with Gasteiger partial charge in [-0.1, -0.05) is 11.6 Å². The molecule has 2 aromatic rings. The molecule has 3 rings (SSSR count). The molecule has 1 N–H and O–H groups in total. The van der Waals surface area contributed by atoms with Crippen LogP contribution in [0.25, 0.3) is 0 Å². The molecule has 1 fully saturated rings. The second kappa shape index (κ2) is 7.89. The molecule has 6 nitrogen and oxygen atoms in total. The van der Waals surface area contributed by atoms with Crippen molar-refractivity contribution in [3.8, 4) is 5.75 Å². The minimum Gasteiger partial charge on any atom is -0.471 e. The summed E-state index contributed by atoms with van der Waals surface area (Å²) in [6.07, 6.45) is 3.69. The number of likely N-dealkylation sites (tertiary alicyclic amines) is 1. The summed E-state index contributed by atoms with van der Waals surface area (Å²) in [5, 5.41) is 8.06. The predicted octanol–water partition coefficient (Wildman–Crippen LogP) is 2.71. The van der Waals surface area contributed by atoms with Crippen molar-refractivity contribution in [2.24, 2.45) is 0 Å². The molecule has 1 aliphatic rings. The lowest BCUT2D eigenvalue weighted by atomic mass is 10.1. The average molecular weight is 363 g/mol. The first-order chi connectivity index (χ1) is 12.0. The van der Waals surface area contributed by atoms with E-state index >= 15 is 0 Å². The van der Waals surface area contributed by atoms with Gasteiger partial charge in [0.15, 0.2) is 6.73 Å².